The van der Waals surface area contributed by atoms with E-state index in [9.17, 15) is 0 Å². The minimum atomic E-state index is 0.421. The lowest BCUT2D eigenvalue weighted by molar-refractivity contribution is 0.575. The Morgan fingerprint density at radius 3 is 1.86 bits per heavy atom. The first-order valence-corrected chi connectivity index (χ1v) is 5.73. The second kappa shape index (κ2) is 4.29. The van der Waals surface area contributed by atoms with Crippen LogP contribution in [0.1, 0.15) is 41.5 Å². The Labute approximate surface area is 88.3 Å². The third-order valence-corrected chi connectivity index (χ3v) is 2.79. The number of hydrogen-bond donors (Lipinski definition) is 0. The van der Waals surface area contributed by atoms with Crippen molar-refractivity contribution < 1.29 is 0 Å². The summed E-state index contributed by atoms with van der Waals surface area (Å²) in [6, 6.07) is 0.421. The molecule has 0 fully saturated rings. The molecule has 0 bridgehead atoms. The molecule has 0 radical (unpaired) electrons. The van der Waals surface area contributed by atoms with Gasteiger partial charge in [-0.05, 0) is 23.3 Å². The molecule has 1 heterocycles. The third kappa shape index (κ3) is 2.26. The number of aliphatic imine (C=N–C) groups is 1. The predicted molar refractivity (Wildman–Crippen MR) is 63.8 cm³/mol. The van der Waals surface area contributed by atoms with Crippen molar-refractivity contribution in [2.75, 3.05) is 0 Å². The first kappa shape index (κ1) is 11.5. The molecule has 0 saturated carbocycles. The summed E-state index contributed by atoms with van der Waals surface area (Å²) in [5, 5.41) is 0. The molecule has 0 aromatic heterocycles. The highest BCUT2D eigenvalue weighted by Gasteiger charge is 2.24. The van der Waals surface area contributed by atoms with Crippen molar-refractivity contribution in [3.8, 4) is 0 Å². The molecule has 0 aromatic rings. The second-order valence-corrected chi connectivity index (χ2v) is 5.18. The van der Waals surface area contributed by atoms with E-state index in [-0.39, 0.29) is 0 Å². The van der Waals surface area contributed by atoms with Gasteiger partial charge in [-0.3, -0.25) is 4.99 Å². The minimum absolute atomic E-state index is 0.421. The van der Waals surface area contributed by atoms with Gasteiger partial charge in [-0.15, -0.1) is 0 Å². The summed E-state index contributed by atoms with van der Waals surface area (Å²) in [6.07, 6.45) is 2.37. The summed E-state index contributed by atoms with van der Waals surface area (Å²) >= 11 is 0. The zero-order valence-electron chi connectivity index (χ0n) is 10.3. The first-order chi connectivity index (χ1) is 6.43. The van der Waals surface area contributed by atoms with Crippen LogP contribution in [0.25, 0.3) is 0 Å². The van der Waals surface area contributed by atoms with Crippen molar-refractivity contribution in [1.82, 2.24) is 0 Å². The lowest BCUT2D eigenvalue weighted by atomic mass is 9.92. The van der Waals surface area contributed by atoms with E-state index in [1.807, 2.05) is 0 Å². The molecule has 1 rings (SSSR count). The van der Waals surface area contributed by atoms with Crippen molar-refractivity contribution >= 4 is 5.71 Å². The third-order valence-electron chi connectivity index (χ3n) is 2.79. The quantitative estimate of drug-likeness (QED) is 0.648. The van der Waals surface area contributed by atoms with Crippen LogP contribution in [-0.4, -0.2) is 11.8 Å². The highest BCUT2D eigenvalue weighted by molar-refractivity contribution is 6.03. The fourth-order valence-electron chi connectivity index (χ4n) is 1.85. The minimum Gasteiger partial charge on any atom is -0.281 e. The maximum atomic E-state index is 4.81. The second-order valence-electron chi connectivity index (χ2n) is 5.18. The van der Waals surface area contributed by atoms with E-state index in [1.165, 1.54) is 11.3 Å². The fourth-order valence-corrected chi connectivity index (χ4v) is 1.85. The van der Waals surface area contributed by atoms with Crippen molar-refractivity contribution in [2.24, 2.45) is 22.7 Å². The molecule has 0 amide bonds. The highest BCUT2D eigenvalue weighted by atomic mass is 14.8. The largest absolute Gasteiger partial charge is 0.281 e. The summed E-state index contributed by atoms with van der Waals surface area (Å²) in [6.45, 7) is 13.5. The number of rotatable bonds is 3. The van der Waals surface area contributed by atoms with Gasteiger partial charge >= 0.3 is 0 Å². The molecule has 14 heavy (non-hydrogen) atoms. The van der Waals surface area contributed by atoms with E-state index in [4.69, 9.17) is 4.99 Å². The zero-order chi connectivity index (χ0) is 10.9. The van der Waals surface area contributed by atoms with Gasteiger partial charge in [0.25, 0.3) is 0 Å². The van der Waals surface area contributed by atoms with Gasteiger partial charge in [-0.2, -0.15) is 0 Å². The molecule has 1 aliphatic rings. The van der Waals surface area contributed by atoms with Gasteiger partial charge in [0.2, 0.25) is 0 Å². The summed E-state index contributed by atoms with van der Waals surface area (Å²) in [4.78, 5) is 4.81. The Balaban J connectivity index is 2.93. The van der Waals surface area contributed by atoms with Gasteiger partial charge in [0, 0.05) is 5.71 Å². The molecule has 1 nitrogen and oxygen atoms in total. The van der Waals surface area contributed by atoms with E-state index in [0.29, 0.717) is 23.8 Å². The van der Waals surface area contributed by atoms with Crippen LogP contribution >= 0.6 is 0 Å². The van der Waals surface area contributed by atoms with Crippen LogP contribution in [0.4, 0.5) is 0 Å². The predicted octanol–water partition coefficient (Wildman–Crippen LogP) is 3.70. The Hall–Kier alpha value is -0.590. The first-order valence-electron chi connectivity index (χ1n) is 5.73. The molecular formula is C13H23N. The van der Waals surface area contributed by atoms with Crippen LogP contribution in [0.2, 0.25) is 0 Å². The lowest BCUT2D eigenvalue weighted by Gasteiger charge is -2.12. The van der Waals surface area contributed by atoms with Crippen LogP contribution in [0.3, 0.4) is 0 Å². The average molecular weight is 193 g/mol. The van der Waals surface area contributed by atoms with E-state index in [1.54, 1.807) is 0 Å². The van der Waals surface area contributed by atoms with Crippen molar-refractivity contribution in [3.63, 3.8) is 0 Å². The Bertz CT molecular complexity index is 232. The zero-order valence-corrected chi connectivity index (χ0v) is 10.3. The van der Waals surface area contributed by atoms with Gasteiger partial charge in [0.1, 0.15) is 0 Å². The molecule has 0 spiro atoms. The van der Waals surface area contributed by atoms with Crippen LogP contribution in [-0.2, 0) is 0 Å². The van der Waals surface area contributed by atoms with Gasteiger partial charge in [0.05, 0.1) is 6.04 Å². The normalized spacial score (nSPS) is 22.2. The van der Waals surface area contributed by atoms with E-state index < -0.39 is 0 Å². The molecule has 0 aromatic carbocycles. The molecule has 0 N–H and O–H groups in total. The van der Waals surface area contributed by atoms with Gasteiger partial charge < -0.3 is 0 Å². The van der Waals surface area contributed by atoms with Crippen LogP contribution in [0.15, 0.2) is 16.6 Å². The maximum Gasteiger partial charge on any atom is 0.0712 e. The summed E-state index contributed by atoms with van der Waals surface area (Å²) < 4.78 is 0. The Kier molecular flexibility index (Phi) is 3.52. The van der Waals surface area contributed by atoms with Crippen molar-refractivity contribution in [1.29, 1.82) is 0 Å². The van der Waals surface area contributed by atoms with Gasteiger partial charge in [0.15, 0.2) is 0 Å². The van der Waals surface area contributed by atoms with Crippen LogP contribution < -0.4 is 0 Å². The maximum absolute atomic E-state index is 4.81. The molecular weight excluding hydrogens is 170 g/mol. The standard InChI is InChI=1S/C13H23N/c1-8(2)11-7-12(9(3)4)14-13(11)10(5)6/h7-10,12H,1-6H3. The SMILES string of the molecule is CC(C)C1=CC(C(C)C)N=C1C(C)C. The summed E-state index contributed by atoms with van der Waals surface area (Å²) in [5.41, 5.74) is 2.80. The molecule has 1 unspecified atom stereocenters. The van der Waals surface area contributed by atoms with E-state index in [0.717, 1.165) is 0 Å². The lowest BCUT2D eigenvalue weighted by Crippen LogP contribution is -2.12. The molecule has 80 valence electrons. The molecule has 1 atom stereocenters. The number of allylic oxidation sites excluding steroid dienone is 1. The van der Waals surface area contributed by atoms with Crippen molar-refractivity contribution in [2.45, 2.75) is 47.6 Å². The molecule has 0 saturated heterocycles. The van der Waals surface area contributed by atoms with Crippen LogP contribution in [0.5, 0.6) is 0 Å². The molecule has 1 heteroatoms. The summed E-state index contributed by atoms with van der Waals surface area (Å²) in [7, 11) is 0. The molecule has 1 aliphatic heterocycles. The molecule has 0 aliphatic carbocycles. The van der Waals surface area contributed by atoms with Gasteiger partial charge in [-0.25, -0.2) is 0 Å². The monoisotopic (exact) mass is 193 g/mol. The smallest absolute Gasteiger partial charge is 0.0712 e. The Morgan fingerprint density at radius 2 is 1.57 bits per heavy atom. The van der Waals surface area contributed by atoms with Gasteiger partial charge in [-0.1, -0.05) is 47.6 Å². The topological polar surface area (TPSA) is 12.4 Å². The Morgan fingerprint density at radius 1 is 1.00 bits per heavy atom. The summed E-state index contributed by atoms with van der Waals surface area (Å²) in [5.74, 6) is 1.80. The fraction of sp³-hybridized carbons (Fsp3) is 0.769. The van der Waals surface area contributed by atoms with E-state index >= 15 is 0 Å². The average Bonchev–Trinajstić information content (AvgIpc) is 2.47. The van der Waals surface area contributed by atoms with Crippen molar-refractivity contribution in [3.05, 3.63) is 11.6 Å². The van der Waals surface area contributed by atoms with Crippen LogP contribution in [0, 0.1) is 17.8 Å². The van der Waals surface area contributed by atoms with E-state index in [2.05, 4.69) is 47.6 Å². The highest BCUT2D eigenvalue weighted by Crippen LogP contribution is 2.27. The number of nitrogens with zero attached hydrogens (tertiary/aromatic N) is 1. The number of hydrogen-bond acceptors (Lipinski definition) is 1.